The van der Waals surface area contributed by atoms with E-state index in [2.05, 4.69) is 5.32 Å². The van der Waals surface area contributed by atoms with Crippen molar-refractivity contribution in [1.29, 1.82) is 0 Å². The van der Waals surface area contributed by atoms with E-state index in [1.807, 2.05) is 23.5 Å². The minimum atomic E-state index is -0.397. The maximum atomic E-state index is 11.7. The summed E-state index contributed by atoms with van der Waals surface area (Å²) in [4.78, 5) is 11.7. The zero-order valence-electron chi connectivity index (χ0n) is 10.3. The Morgan fingerprint density at radius 1 is 1.59 bits per heavy atom. The van der Waals surface area contributed by atoms with Crippen molar-refractivity contribution in [3.63, 3.8) is 0 Å². The molecule has 0 saturated carbocycles. The number of carbonyl (C=O) groups is 1. The van der Waals surface area contributed by atoms with Crippen LogP contribution in [-0.4, -0.2) is 54.7 Å². The molecule has 6 heteroatoms. The molecule has 0 bridgehead atoms. The third kappa shape index (κ3) is 6.55. The number of nitrogens with two attached hydrogens (primary N) is 1. The number of hydrogen-bond donors (Lipinski definition) is 2. The largest absolute Gasteiger partial charge is 0.385 e. The quantitative estimate of drug-likeness (QED) is 0.671. The van der Waals surface area contributed by atoms with Gasteiger partial charge >= 0.3 is 0 Å². The van der Waals surface area contributed by atoms with E-state index < -0.39 is 6.04 Å². The van der Waals surface area contributed by atoms with E-state index in [0.29, 0.717) is 18.3 Å². The van der Waals surface area contributed by atoms with Gasteiger partial charge in [-0.1, -0.05) is 0 Å². The Morgan fingerprint density at radius 3 is 3.06 bits per heavy atom. The molecule has 1 aliphatic rings. The van der Waals surface area contributed by atoms with Crippen molar-refractivity contribution in [1.82, 2.24) is 5.32 Å². The van der Waals surface area contributed by atoms with Crippen LogP contribution in [-0.2, 0) is 9.53 Å². The summed E-state index contributed by atoms with van der Waals surface area (Å²) in [6.45, 7) is 1.41. The van der Waals surface area contributed by atoms with Gasteiger partial charge < -0.3 is 15.8 Å². The molecular weight excluding hydrogens is 256 g/mol. The van der Waals surface area contributed by atoms with Gasteiger partial charge in [0.1, 0.15) is 0 Å². The van der Waals surface area contributed by atoms with Gasteiger partial charge in [-0.2, -0.15) is 23.5 Å². The van der Waals surface area contributed by atoms with Crippen LogP contribution in [0, 0.1) is 0 Å². The molecule has 2 unspecified atom stereocenters. The van der Waals surface area contributed by atoms with Gasteiger partial charge in [-0.25, -0.2) is 0 Å². The minimum Gasteiger partial charge on any atom is -0.385 e. The Kier molecular flexibility index (Phi) is 8.09. The monoisotopic (exact) mass is 278 g/mol. The van der Waals surface area contributed by atoms with Crippen molar-refractivity contribution in [2.24, 2.45) is 5.73 Å². The molecule has 1 fully saturated rings. The molecular formula is C11H22N2O2S2. The van der Waals surface area contributed by atoms with Crippen LogP contribution in [0.2, 0.25) is 0 Å². The van der Waals surface area contributed by atoms with Gasteiger partial charge in [0, 0.05) is 42.8 Å². The Morgan fingerprint density at radius 2 is 2.41 bits per heavy atom. The molecule has 1 heterocycles. The fraction of sp³-hybridized carbons (Fsp3) is 0.909. The standard InChI is InChI=1S/C11H22N2O2S2/c1-15-4-2-3-10(12)11(14)13-7-9-8-16-5-6-17-9/h9-10H,2-8,12H2,1H3,(H,13,14). The summed E-state index contributed by atoms with van der Waals surface area (Å²) in [6.07, 6.45) is 1.52. The number of thioether (sulfide) groups is 2. The second-order valence-corrected chi connectivity index (χ2v) is 6.61. The van der Waals surface area contributed by atoms with E-state index in [0.717, 1.165) is 18.7 Å². The van der Waals surface area contributed by atoms with Crippen LogP contribution in [0.3, 0.4) is 0 Å². The molecule has 2 atom stereocenters. The second-order valence-electron chi connectivity index (χ2n) is 4.05. The SMILES string of the molecule is COCCCC(N)C(=O)NCC1CSCCS1. The average Bonchev–Trinajstić information content (AvgIpc) is 2.37. The molecule has 100 valence electrons. The lowest BCUT2D eigenvalue weighted by Crippen LogP contribution is -2.43. The summed E-state index contributed by atoms with van der Waals surface area (Å²) in [5.41, 5.74) is 5.79. The third-order valence-electron chi connectivity index (χ3n) is 2.59. The number of rotatable bonds is 7. The summed E-state index contributed by atoms with van der Waals surface area (Å²) in [5.74, 6) is 3.51. The Balaban J connectivity index is 2.10. The molecule has 3 N–H and O–H groups in total. The molecule has 0 spiro atoms. The highest BCUT2D eigenvalue weighted by molar-refractivity contribution is 8.06. The molecule has 0 aromatic rings. The highest BCUT2D eigenvalue weighted by atomic mass is 32.2. The van der Waals surface area contributed by atoms with Gasteiger partial charge in [-0.15, -0.1) is 0 Å². The van der Waals surface area contributed by atoms with Crippen LogP contribution in [0.1, 0.15) is 12.8 Å². The van der Waals surface area contributed by atoms with Crippen molar-refractivity contribution in [3.8, 4) is 0 Å². The number of carbonyl (C=O) groups excluding carboxylic acids is 1. The van der Waals surface area contributed by atoms with Gasteiger partial charge in [0.2, 0.25) is 5.91 Å². The lowest BCUT2D eigenvalue weighted by atomic mass is 10.1. The van der Waals surface area contributed by atoms with Crippen molar-refractivity contribution < 1.29 is 9.53 Å². The summed E-state index contributed by atoms with van der Waals surface area (Å²) in [5, 5.41) is 3.49. The normalized spacial score (nSPS) is 22.1. The van der Waals surface area contributed by atoms with Crippen molar-refractivity contribution >= 4 is 29.4 Å². The van der Waals surface area contributed by atoms with Crippen LogP contribution in [0.4, 0.5) is 0 Å². The van der Waals surface area contributed by atoms with Gasteiger partial charge in [-0.05, 0) is 12.8 Å². The van der Waals surface area contributed by atoms with Crippen LogP contribution in [0.15, 0.2) is 0 Å². The zero-order valence-corrected chi connectivity index (χ0v) is 11.9. The minimum absolute atomic E-state index is 0.0303. The first-order chi connectivity index (χ1) is 8.24. The second kappa shape index (κ2) is 9.08. The topological polar surface area (TPSA) is 64.3 Å². The molecule has 1 aliphatic heterocycles. The maximum absolute atomic E-state index is 11.7. The Bertz CT molecular complexity index is 224. The molecule has 0 aromatic carbocycles. The molecule has 4 nitrogen and oxygen atoms in total. The fourth-order valence-corrected chi connectivity index (χ4v) is 4.19. The van der Waals surface area contributed by atoms with E-state index >= 15 is 0 Å². The summed E-state index contributed by atoms with van der Waals surface area (Å²) in [6, 6.07) is -0.397. The molecule has 0 aromatic heterocycles. The van der Waals surface area contributed by atoms with Gasteiger partial charge in [0.05, 0.1) is 6.04 Å². The number of amides is 1. The Labute approximate surface area is 112 Å². The summed E-state index contributed by atoms with van der Waals surface area (Å²) in [7, 11) is 1.66. The van der Waals surface area contributed by atoms with Gasteiger partial charge in [0.25, 0.3) is 0 Å². The first-order valence-electron chi connectivity index (χ1n) is 5.95. The summed E-state index contributed by atoms with van der Waals surface area (Å²) >= 11 is 3.90. The van der Waals surface area contributed by atoms with Crippen molar-refractivity contribution in [3.05, 3.63) is 0 Å². The molecule has 1 amide bonds. The first-order valence-corrected chi connectivity index (χ1v) is 8.16. The van der Waals surface area contributed by atoms with Crippen LogP contribution in [0.5, 0.6) is 0 Å². The Hall–Kier alpha value is 0.0900. The molecule has 1 saturated heterocycles. The van der Waals surface area contributed by atoms with Crippen LogP contribution in [0.25, 0.3) is 0 Å². The maximum Gasteiger partial charge on any atom is 0.236 e. The smallest absolute Gasteiger partial charge is 0.236 e. The molecule has 1 rings (SSSR count). The van der Waals surface area contributed by atoms with Crippen molar-refractivity contribution in [2.75, 3.05) is 37.5 Å². The molecule has 17 heavy (non-hydrogen) atoms. The van der Waals surface area contributed by atoms with E-state index in [4.69, 9.17) is 10.5 Å². The first kappa shape index (κ1) is 15.1. The van der Waals surface area contributed by atoms with Gasteiger partial charge in [-0.3, -0.25) is 4.79 Å². The predicted molar refractivity (Wildman–Crippen MR) is 75.7 cm³/mol. The van der Waals surface area contributed by atoms with E-state index in [1.165, 1.54) is 11.5 Å². The summed E-state index contributed by atoms with van der Waals surface area (Å²) < 4.78 is 4.93. The van der Waals surface area contributed by atoms with Crippen molar-refractivity contribution in [2.45, 2.75) is 24.1 Å². The number of hydrogen-bond acceptors (Lipinski definition) is 5. The zero-order chi connectivity index (χ0) is 12.5. The lowest BCUT2D eigenvalue weighted by molar-refractivity contribution is -0.122. The van der Waals surface area contributed by atoms with E-state index in [-0.39, 0.29) is 5.91 Å². The lowest BCUT2D eigenvalue weighted by Gasteiger charge is -2.22. The van der Waals surface area contributed by atoms with Crippen LogP contribution >= 0.6 is 23.5 Å². The van der Waals surface area contributed by atoms with E-state index in [1.54, 1.807) is 7.11 Å². The number of nitrogens with one attached hydrogen (secondary N) is 1. The highest BCUT2D eigenvalue weighted by Gasteiger charge is 2.17. The van der Waals surface area contributed by atoms with E-state index in [9.17, 15) is 4.79 Å². The number of ether oxygens (including phenoxy) is 1. The van der Waals surface area contributed by atoms with Gasteiger partial charge in [0.15, 0.2) is 0 Å². The molecule has 0 aliphatic carbocycles. The fourth-order valence-electron chi connectivity index (χ4n) is 1.58. The third-order valence-corrected chi connectivity index (χ3v) is 5.43. The number of methoxy groups -OCH3 is 1. The predicted octanol–water partition coefficient (Wildman–Crippen LogP) is 0.705. The molecule has 0 radical (unpaired) electrons. The van der Waals surface area contributed by atoms with Crippen LogP contribution < -0.4 is 11.1 Å². The highest BCUT2D eigenvalue weighted by Crippen LogP contribution is 2.23. The average molecular weight is 278 g/mol.